The number of amides is 3. The van der Waals surface area contributed by atoms with Gasteiger partial charge in [0.2, 0.25) is 0 Å². The summed E-state index contributed by atoms with van der Waals surface area (Å²) in [6.07, 6.45) is 6.87. The maximum absolute atomic E-state index is 14.1. The summed E-state index contributed by atoms with van der Waals surface area (Å²) in [6.45, 7) is 7.86. The second-order valence-corrected chi connectivity index (χ2v) is 11.4. The van der Waals surface area contributed by atoms with Crippen LogP contribution < -0.4 is 5.32 Å². The van der Waals surface area contributed by atoms with E-state index in [1.807, 2.05) is 32.5 Å². The number of ketones is 1. The van der Waals surface area contributed by atoms with Crippen LogP contribution in [0.3, 0.4) is 0 Å². The van der Waals surface area contributed by atoms with E-state index in [1.165, 1.54) is 17.2 Å². The highest BCUT2D eigenvalue weighted by atomic mass is 32.2. The Hall–Kier alpha value is -2.69. The number of nitrogens with one attached hydrogen (secondary N) is 1. The first-order valence-corrected chi connectivity index (χ1v) is 14.9. The zero-order valence-corrected chi connectivity index (χ0v) is 23.6. The molecule has 0 aromatic carbocycles. The summed E-state index contributed by atoms with van der Waals surface area (Å²) in [5.74, 6) is 2.71. The fourth-order valence-corrected chi connectivity index (χ4v) is 6.99. The lowest BCUT2D eigenvalue weighted by Crippen LogP contribution is -2.67. The Morgan fingerprint density at radius 3 is 2.39 bits per heavy atom. The van der Waals surface area contributed by atoms with E-state index in [4.69, 9.17) is 0 Å². The summed E-state index contributed by atoms with van der Waals surface area (Å²) >= 11 is 1.87. The van der Waals surface area contributed by atoms with Crippen molar-refractivity contribution in [3.8, 4) is 0 Å². The number of fused-ring (bicyclic) bond motifs is 1. The summed E-state index contributed by atoms with van der Waals surface area (Å²) in [6, 6.07) is -0.505. The summed E-state index contributed by atoms with van der Waals surface area (Å²) in [7, 11) is 0. The lowest BCUT2D eigenvalue weighted by atomic mass is 9.82. The number of hydrogen-bond donors (Lipinski definition) is 1. The third-order valence-corrected chi connectivity index (χ3v) is 8.76. The number of dihydropyridines is 1. The molecule has 11 heteroatoms. The smallest absolute Gasteiger partial charge is 0.329 e. The number of carbonyl (C=O) groups excluding carboxylic acids is 3. The van der Waals surface area contributed by atoms with Crippen molar-refractivity contribution in [2.24, 2.45) is 5.92 Å². The van der Waals surface area contributed by atoms with Gasteiger partial charge in [-0.15, -0.1) is 0 Å². The molecule has 3 fully saturated rings. The van der Waals surface area contributed by atoms with Crippen molar-refractivity contribution in [2.45, 2.75) is 97.4 Å². The summed E-state index contributed by atoms with van der Waals surface area (Å²) in [5.41, 5.74) is 0.295. The van der Waals surface area contributed by atoms with Crippen molar-refractivity contribution in [3.63, 3.8) is 0 Å². The fourth-order valence-electron chi connectivity index (χ4n) is 5.91. The molecule has 2 saturated heterocycles. The first-order valence-electron chi connectivity index (χ1n) is 13.8. The van der Waals surface area contributed by atoms with Crippen LogP contribution >= 0.6 is 11.8 Å². The van der Waals surface area contributed by atoms with Crippen molar-refractivity contribution in [1.29, 1.82) is 0 Å². The normalized spacial score (nSPS) is 26.1. The van der Waals surface area contributed by atoms with Gasteiger partial charge in [0.1, 0.15) is 30.2 Å². The molecule has 1 saturated carbocycles. The molecule has 9 nitrogen and oxygen atoms in total. The van der Waals surface area contributed by atoms with Gasteiger partial charge in [0, 0.05) is 24.7 Å². The average Bonchev–Trinajstić information content (AvgIpc) is 3.23. The third kappa shape index (κ3) is 5.97. The van der Waals surface area contributed by atoms with Gasteiger partial charge in [-0.3, -0.25) is 19.4 Å². The van der Waals surface area contributed by atoms with Gasteiger partial charge in [0.05, 0.1) is 5.57 Å². The first-order chi connectivity index (χ1) is 18.3. The minimum absolute atomic E-state index is 0.0163. The SMILES string of the molecule is CC.Cc1nc(C)n(CC(=O)CC2CCC(N3C(=O)C4=CC(F)=CNC4N(C4CCSCC4)C3=O)CC2)n1. The topological polar surface area (TPSA) is 100 Å². The van der Waals surface area contributed by atoms with Gasteiger partial charge in [-0.2, -0.15) is 16.9 Å². The molecular formula is C27H39FN6O3S. The van der Waals surface area contributed by atoms with Crippen molar-refractivity contribution >= 4 is 29.5 Å². The number of rotatable bonds is 6. The maximum Gasteiger partial charge on any atom is 0.329 e. The maximum atomic E-state index is 14.1. The van der Waals surface area contributed by atoms with E-state index >= 15 is 0 Å². The number of nitrogens with zero attached hydrogens (tertiary/aromatic N) is 5. The van der Waals surface area contributed by atoms with E-state index in [2.05, 4.69) is 15.4 Å². The fraction of sp³-hybridized carbons (Fsp3) is 0.667. The summed E-state index contributed by atoms with van der Waals surface area (Å²) < 4.78 is 15.8. The molecule has 1 aromatic heterocycles. The highest BCUT2D eigenvalue weighted by molar-refractivity contribution is 7.99. The monoisotopic (exact) mass is 546 g/mol. The molecule has 0 bridgehead atoms. The van der Waals surface area contributed by atoms with Crippen LogP contribution in [0.1, 0.15) is 70.4 Å². The zero-order valence-electron chi connectivity index (χ0n) is 22.8. The van der Waals surface area contributed by atoms with Crippen LogP contribution in [0.2, 0.25) is 0 Å². The number of aromatic nitrogens is 3. The van der Waals surface area contributed by atoms with Crippen LogP contribution in [0, 0.1) is 19.8 Å². The molecule has 4 heterocycles. The van der Waals surface area contributed by atoms with Gasteiger partial charge in [-0.25, -0.2) is 18.9 Å². The largest absolute Gasteiger partial charge is 0.365 e. The second-order valence-electron chi connectivity index (χ2n) is 10.2. The second kappa shape index (κ2) is 12.4. The predicted octanol–water partition coefficient (Wildman–Crippen LogP) is 4.27. The van der Waals surface area contributed by atoms with Gasteiger partial charge >= 0.3 is 6.03 Å². The standard InChI is InChI=1S/C25H33FN6O3S.C2H6/c1-15-28-16(2)30(29-15)14-21(33)11-17-3-5-19(6-4-17)32-24(34)22-12-18(26)13-27-23(22)31(25(32)35)20-7-9-36-10-8-20;1-2/h12-13,17,19-20,23,27H,3-11,14H2,1-2H3;1-2H3. The van der Waals surface area contributed by atoms with E-state index in [0.717, 1.165) is 43.0 Å². The van der Waals surface area contributed by atoms with Gasteiger partial charge in [0.25, 0.3) is 5.91 Å². The minimum atomic E-state index is -0.619. The number of allylic oxidation sites excluding steroid dienone is 2. The van der Waals surface area contributed by atoms with E-state index in [-0.39, 0.29) is 36.4 Å². The Bertz CT molecular complexity index is 1100. The minimum Gasteiger partial charge on any atom is -0.365 e. The van der Waals surface area contributed by atoms with Crippen LogP contribution in [0.25, 0.3) is 0 Å². The van der Waals surface area contributed by atoms with E-state index in [0.29, 0.717) is 30.7 Å². The highest BCUT2D eigenvalue weighted by Crippen LogP contribution is 2.37. The van der Waals surface area contributed by atoms with Crippen LogP contribution in [0.5, 0.6) is 0 Å². The third-order valence-electron chi connectivity index (χ3n) is 7.71. The Morgan fingerprint density at radius 2 is 1.76 bits per heavy atom. The Balaban J connectivity index is 0.00000164. The number of hydrogen-bond acceptors (Lipinski definition) is 7. The van der Waals surface area contributed by atoms with Crippen molar-refractivity contribution in [2.75, 3.05) is 11.5 Å². The number of aryl methyl sites for hydroxylation is 2. The molecule has 208 valence electrons. The van der Waals surface area contributed by atoms with E-state index in [9.17, 15) is 18.8 Å². The molecule has 3 aliphatic heterocycles. The molecule has 1 unspecified atom stereocenters. The number of carbonyl (C=O) groups is 3. The summed E-state index contributed by atoms with van der Waals surface area (Å²) in [5, 5.41) is 7.23. The summed E-state index contributed by atoms with van der Waals surface area (Å²) in [4.78, 5) is 47.2. The van der Waals surface area contributed by atoms with Crippen molar-refractivity contribution in [1.82, 2.24) is 29.9 Å². The van der Waals surface area contributed by atoms with Crippen molar-refractivity contribution < 1.29 is 18.8 Å². The molecule has 5 rings (SSSR count). The predicted molar refractivity (Wildman–Crippen MR) is 145 cm³/mol. The van der Waals surface area contributed by atoms with Gasteiger partial charge in [0.15, 0.2) is 5.78 Å². The lowest BCUT2D eigenvalue weighted by Gasteiger charge is -2.49. The first kappa shape index (κ1) is 28.3. The van der Waals surface area contributed by atoms with Gasteiger partial charge in [-0.05, 0) is 75.9 Å². The number of urea groups is 1. The molecular weight excluding hydrogens is 507 g/mol. The number of thioether (sulfide) groups is 1. The molecule has 1 N–H and O–H groups in total. The van der Waals surface area contributed by atoms with Gasteiger partial charge in [-0.1, -0.05) is 13.8 Å². The van der Waals surface area contributed by atoms with E-state index < -0.39 is 17.9 Å². The van der Waals surface area contributed by atoms with Crippen LogP contribution in [-0.2, 0) is 16.1 Å². The average molecular weight is 547 g/mol. The molecule has 0 spiro atoms. The molecule has 4 aliphatic rings. The Labute approximate surface area is 228 Å². The molecule has 38 heavy (non-hydrogen) atoms. The highest BCUT2D eigenvalue weighted by Gasteiger charge is 2.49. The molecule has 3 amide bonds. The van der Waals surface area contributed by atoms with Gasteiger partial charge < -0.3 is 5.32 Å². The molecule has 1 atom stereocenters. The number of imide groups is 1. The number of Topliss-reactive ketones (excluding diaryl/α,β-unsaturated/α-hetero) is 1. The van der Waals surface area contributed by atoms with E-state index in [1.54, 1.807) is 16.5 Å². The van der Waals surface area contributed by atoms with Crippen LogP contribution in [0.4, 0.5) is 9.18 Å². The van der Waals surface area contributed by atoms with Crippen LogP contribution in [0.15, 0.2) is 23.7 Å². The van der Waals surface area contributed by atoms with Crippen molar-refractivity contribution in [3.05, 3.63) is 35.3 Å². The molecule has 1 aliphatic carbocycles. The lowest BCUT2D eigenvalue weighted by molar-refractivity contribution is -0.131. The van der Waals surface area contributed by atoms with Crippen LogP contribution in [-0.4, -0.2) is 72.0 Å². The molecule has 0 radical (unpaired) electrons. The zero-order chi connectivity index (χ0) is 27.4. The Morgan fingerprint density at radius 1 is 1.08 bits per heavy atom. The Kier molecular flexibility index (Phi) is 9.27. The quantitative estimate of drug-likeness (QED) is 0.569. The number of halogens is 1. The molecule has 1 aromatic rings.